The molecule has 0 unspecified atom stereocenters. The summed E-state index contributed by atoms with van der Waals surface area (Å²) in [5, 5.41) is 5.76. The van der Waals surface area contributed by atoms with Crippen molar-refractivity contribution in [1.29, 1.82) is 0 Å². The molecule has 0 amide bonds. The predicted molar refractivity (Wildman–Crippen MR) is 262 cm³/mol. The monoisotopic (exact) mass is 802 g/mol. The van der Waals surface area contributed by atoms with Crippen LogP contribution in [0.5, 0.6) is 0 Å². The maximum absolute atomic E-state index is 5.51. The van der Waals surface area contributed by atoms with E-state index in [1.165, 1.54) is 5.39 Å². The van der Waals surface area contributed by atoms with Crippen LogP contribution < -0.4 is 0 Å². The van der Waals surface area contributed by atoms with E-state index in [-0.39, 0.29) is 0 Å². The van der Waals surface area contributed by atoms with Gasteiger partial charge in [0.25, 0.3) is 0 Å². The van der Waals surface area contributed by atoms with Crippen molar-refractivity contribution in [3.05, 3.63) is 231 Å². The van der Waals surface area contributed by atoms with Crippen LogP contribution in [0.4, 0.5) is 0 Å². The third-order valence-electron chi connectivity index (χ3n) is 12.2. The molecular weight excluding hydrogens is 765 g/mol. The SMILES string of the molecule is c1ccc(-c2cccc(-c3cc(-c4cccc(-c5ccccc5)c4)nc(-c4ccc(-c5nc6cc7ccccc7cc6c6c5c5ccccc5n6-c5ccccc5)cc4)n3)c2)cc1. The summed E-state index contributed by atoms with van der Waals surface area (Å²) in [6.45, 7) is 0. The van der Waals surface area contributed by atoms with Gasteiger partial charge in [-0.05, 0) is 81.6 Å². The highest BCUT2D eigenvalue weighted by Crippen LogP contribution is 2.42. The average Bonchev–Trinajstić information content (AvgIpc) is 3.72. The number of benzene rings is 9. The van der Waals surface area contributed by atoms with Gasteiger partial charge in [-0.25, -0.2) is 15.0 Å². The van der Waals surface area contributed by atoms with Gasteiger partial charge < -0.3 is 4.57 Å². The van der Waals surface area contributed by atoms with Crippen molar-refractivity contribution >= 4 is 43.5 Å². The molecule has 9 aromatic carbocycles. The van der Waals surface area contributed by atoms with Crippen LogP contribution in [0.3, 0.4) is 0 Å². The fourth-order valence-electron chi connectivity index (χ4n) is 9.10. The summed E-state index contributed by atoms with van der Waals surface area (Å²) < 4.78 is 2.40. The summed E-state index contributed by atoms with van der Waals surface area (Å²) in [5.74, 6) is 0.660. The third-order valence-corrected chi connectivity index (χ3v) is 12.2. The molecule has 3 aromatic heterocycles. The number of aromatic nitrogens is 4. The zero-order valence-corrected chi connectivity index (χ0v) is 34.2. The normalized spacial score (nSPS) is 11.5. The zero-order valence-electron chi connectivity index (χ0n) is 34.2. The summed E-state index contributed by atoms with van der Waals surface area (Å²) in [6, 6.07) is 81.5. The molecule has 12 aromatic rings. The minimum atomic E-state index is 0.660. The first kappa shape index (κ1) is 36.4. The van der Waals surface area contributed by atoms with Gasteiger partial charge in [-0.1, -0.05) is 182 Å². The Morgan fingerprint density at radius 3 is 1.46 bits per heavy atom. The Morgan fingerprint density at radius 1 is 0.317 bits per heavy atom. The molecule has 4 heteroatoms. The summed E-state index contributed by atoms with van der Waals surface area (Å²) in [4.78, 5) is 16.1. The van der Waals surface area contributed by atoms with E-state index in [1.54, 1.807) is 0 Å². The fraction of sp³-hybridized carbons (Fsp3) is 0. The van der Waals surface area contributed by atoms with Crippen molar-refractivity contribution in [3.63, 3.8) is 0 Å². The van der Waals surface area contributed by atoms with Crippen molar-refractivity contribution in [2.24, 2.45) is 0 Å². The lowest BCUT2D eigenvalue weighted by Crippen LogP contribution is -1.97. The Kier molecular flexibility index (Phi) is 8.79. The molecule has 3 heterocycles. The molecule has 0 N–H and O–H groups in total. The van der Waals surface area contributed by atoms with Gasteiger partial charge in [0.1, 0.15) is 0 Å². The molecule has 0 atom stereocenters. The molecular formula is C59H38N4. The van der Waals surface area contributed by atoms with Crippen molar-refractivity contribution in [2.45, 2.75) is 0 Å². The second kappa shape index (κ2) is 15.2. The number of pyridine rings is 1. The van der Waals surface area contributed by atoms with E-state index in [9.17, 15) is 0 Å². The topological polar surface area (TPSA) is 43.6 Å². The highest BCUT2D eigenvalue weighted by molar-refractivity contribution is 6.23. The Balaban J connectivity index is 1.04. The van der Waals surface area contributed by atoms with Crippen molar-refractivity contribution in [1.82, 2.24) is 19.5 Å². The molecule has 12 rings (SSSR count). The largest absolute Gasteiger partial charge is 0.308 e. The van der Waals surface area contributed by atoms with Crippen molar-refractivity contribution in [2.75, 3.05) is 0 Å². The maximum Gasteiger partial charge on any atom is 0.160 e. The Hall–Kier alpha value is -8.47. The highest BCUT2D eigenvalue weighted by Gasteiger charge is 2.21. The molecule has 0 bridgehead atoms. The quantitative estimate of drug-likeness (QED) is 0.151. The number of para-hydroxylation sites is 2. The summed E-state index contributed by atoms with van der Waals surface area (Å²) >= 11 is 0. The fourth-order valence-corrected chi connectivity index (χ4v) is 9.10. The average molecular weight is 803 g/mol. The molecule has 0 fully saturated rings. The summed E-state index contributed by atoms with van der Waals surface area (Å²) in [5.41, 5.74) is 15.6. The van der Waals surface area contributed by atoms with Gasteiger partial charge >= 0.3 is 0 Å². The lowest BCUT2D eigenvalue weighted by atomic mass is 9.98. The third kappa shape index (κ3) is 6.53. The van der Waals surface area contributed by atoms with Crippen LogP contribution in [0.2, 0.25) is 0 Å². The van der Waals surface area contributed by atoms with Gasteiger partial charge in [-0.2, -0.15) is 0 Å². The van der Waals surface area contributed by atoms with E-state index >= 15 is 0 Å². The highest BCUT2D eigenvalue weighted by atomic mass is 15.0. The molecule has 0 aliphatic rings. The van der Waals surface area contributed by atoms with Crippen LogP contribution >= 0.6 is 0 Å². The number of rotatable bonds is 7. The molecule has 0 aliphatic carbocycles. The minimum absolute atomic E-state index is 0.660. The maximum atomic E-state index is 5.51. The first-order valence-electron chi connectivity index (χ1n) is 21.3. The first-order chi connectivity index (χ1) is 31.2. The summed E-state index contributed by atoms with van der Waals surface area (Å²) in [7, 11) is 0. The van der Waals surface area contributed by atoms with Crippen LogP contribution in [0.1, 0.15) is 0 Å². The van der Waals surface area contributed by atoms with Gasteiger partial charge in [0.15, 0.2) is 5.82 Å². The van der Waals surface area contributed by atoms with Gasteiger partial charge in [0, 0.05) is 44.1 Å². The van der Waals surface area contributed by atoms with E-state index in [0.29, 0.717) is 5.82 Å². The van der Waals surface area contributed by atoms with E-state index in [4.69, 9.17) is 15.0 Å². The van der Waals surface area contributed by atoms with Crippen LogP contribution in [0.15, 0.2) is 231 Å². The number of nitrogens with zero attached hydrogens (tertiary/aromatic N) is 4. The number of hydrogen-bond acceptors (Lipinski definition) is 3. The molecule has 0 radical (unpaired) electrons. The van der Waals surface area contributed by atoms with Gasteiger partial charge in [-0.3, -0.25) is 0 Å². The molecule has 63 heavy (non-hydrogen) atoms. The first-order valence-corrected chi connectivity index (χ1v) is 21.3. The lowest BCUT2D eigenvalue weighted by Gasteiger charge is -2.13. The van der Waals surface area contributed by atoms with E-state index < -0.39 is 0 Å². The Labute approximate surface area is 365 Å². The molecule has 0 saturated heterocycles. The molecule has 0 saturated carbocycles. The number of hydrogen-bond donors (Lipinski definition) is 0. The van der Waals surface area contributed by atoms with Crippen LogP contribution in [0.25, 0.3) is 117 Å². The van der Waals surface area contributed by atoms with Crippen molar-refractivity contribution < 1.29 is 0 Å². The predicted octanol–water partition coefficient (Wildman–Crippen LogP) is 15.3. The Morgan fingerprint density at radius 2 is 0.825 bits per heavy atom. The second-order valence-electron chi connectivity index (χ2n) is 16.0. The standard InChI is InChI=1S/C59H38N4/c1-4-16-39(17-5-1)43-22-14-24-47(34-43)52-38-53(48-25-15-23-44(35-48)40-18-6-2-7-19-40)62-59(61-52)42-32-30-41(31-33-42)57-56-50-28-12-13-29-55(50)63(49-26-8-3-9-27-49)58(56)51-36-45-20-10-11-21-46(45)37-54(51)60-57/h1-38H. The molecule has 4 nitrogen and oxygen atoms in total. The smallest absolute Gasteiger partial charge is 0.160 e. The van der Waals surface area contributed by atoms with E-state index in [0.717, 1.165) is 105 Å². The summed E-state index contributed by atoms with van der Waals surface area (Å²) in [6.07, 6.45) is 0. The van der Waals surface area contributed by atoms with E-state index in [1.807, 2.05) is 0 Å². The van der Waals surface area contributed by atoms with Gasteiger partial charge in [-0.15, -0.1) is 0 Å². The number of fused-ring (bicyclic) bond motifs is 6. The second-order valence-corrected chi connectivity index (χ2v) is 16.0. The lowest BCUT2D eigenvalue weighted by molar-refractivity contribution is 1.18. The Bertz CT molecular complexity index is 3550. The van der Waals surface area contributed by atoms with Gasteiger partial charge in [0.2, 0.25) is 0 Å². The van der Waals surface area contributed by atoms with Crippen LogP contribution in [0, 0.1) is 0 Å². The minimum Gasteiger partial charge on any atom is -0.308 e. The molecule has 294 valence electrons. The van der Waals surface area contributed by atoms with E-state index in [2.05, 4.69) is 235 Å². The van der Waals surface area contributed by atoms with Gasteiger partial charge in [0.05, 0.1) is 33.6 Å². The zero-order chi connectivity index (χ0) is 41.7. The van der Waals surface area contributed by atoms with Crippen LogP contribution in [-0.4, -0.2) is 19.5 Å². The van der Waals surface area contributed by atoms with Crippen LogP contribution in [-0.2, 0) is 0 Å². The molecule has 0 aliphatic heterocycles. The van der Waals surface area contributed by atoms with Crippen molar-refractivity contribution in [3.8, 4) is 73.1 Å². The molecule has 0 spiro atoms.